The van der Waals surface area contributed by atoms with Gasteiger partial charge in [-0.2, -0.15) is 0 Å². The number of ether oxygens (including phenoxy) is 2. The standard InChI is InChI=1S/C34H40N2O3/c1-33(2)25-38-34(3,4)36(33)32(37)39-31-21-20-30(29(31)22-26-14-8-5-9-15-26)35(23-27-16-10-6-11-17-27)24-28-18-12-7-13-19-28/h5-19,22,30-31H,20-21,23-25H2,1-4H3/b29-22+/t30?,31-/m1/s1. The number of benzene rings is 3. The zero-order valence-electron chi connectivity index (χ0n) is 23.5. The van der Waals surface area contributed by atoms with Gasteiger partial charge in [0, 0.05) is 19.1 Å². The largest absolute Gasteiger partial charge is 0.441 e. The van der Waals surface area contributed by atoms with Crippen LogP contribution >= 0.6 is 0 Å². The van der Waals surface area contributed by atoms with Gasteiger partial charge >= 0.3 is 6.09 Å². The number of hydrogen-bond acceptors (Lipinski definition) is 4. The molecule has 3 aromatic rings. The molecule has 39 heavy (non-hydrogen) atoms. The quantitative estimate of drug-likeness (QED) is 0.326. The van der Waals surface area contributed by atoms with Crippen LogP contribution in [0.4, 0.5) is 4.79 Å². The van der Waals surface area contributed by atoms with Gasteiger partial charge in [-0.1, -0.05) is 97.1 Å². The molecule has 0 spiro atoms. The van der Waals surface area contributed by atoms with Crippen LogP contribution in [0.3, 0.4) is 0 Å². The van der Waals surface area contributed by atoms with Crippen LogP contribution in [-0.4, -0.2) is 45.9 Å². The van der Waals surface area contributed by atoms with Crippen molar-refractivity contribution in [2.24, 2.45) is 0 Å². The SMILES string of the molecule is CC1(C)COC(C)(C)N1C(=O)O[C@@H]1CCC(N(Cc2ccccc2)Cc2ccccc2)/C1=C\c1ccccc1. The molecule has 1 unspecified atom stereocenters. The van der Waals surface area contributed by atoms with E-state index in [0.29, 0.717) is 6.61 Å². The molecular weight excluding hydrogens is 484 g/mol. The highest BCUT2D eigenvalue weighted by Gasteiger charge is 2.50. The number of carbonyl (C=O) groups is 1. The molecule has 0 bridgehead atoms. The highest BCUT2D eigenvalue weighted by Crippen LogP contribution is 2.39. The average molecular weight is 525 g/mol. The molecule has 0 radical (unpaired) electrons. The molecule has 2 fully saturated rings. The summed E-state index contributed by atoms with van der Waals surface area (Å²) >= 11 is 0. The topological polar surface area (TPSA) is 42.0 Å². The lowest BCUT2D eigenvalue weighted by Crippen LogP contribution is -2.53. The minimum absolute atomic E-state index is 0.138. The van der Waals surface area contributed by atoms with Crippen LogP contribution in [0, 0.1) is 0 Å². The fourth-order valence-electron chi connectivity index (χ4n) is 6.07. The molecule has 1 saturated carbocycles. The summed E-state index contributed by atoms with van der Waals surface area (Å²) < 4.78 is 12.3. The Balaban J connectivity index is 1.47. The summed E-state index contributed by atoms with van der Waals surface area (Å²) in [6.45, 7) is 10.0. The van der Waals surface area contributed by atoms with E-state index in [1.165, 1.54) is 11.1 Å². The zero-order chi connectivity index (χ0) is 27.5. The van der Waals surface area contributed by atoms with Crippen LogP contribution in [0.2, 0.25) is 0 Å². The molecule has 1 amide bonds. The van der Waals surface area contributed by atoms with E-state index in [2.05, 4.69) is 95.9 Å². The average Bonchev–Trinajstić information content (AvgIpc) is 3.40. The predicted molar refractivity (Wildman–Crippen MR) is 156 cm³/mol. The fourth-order valence-corrected chi connectivity index (χ4v) is 6.07. The number of hydrogen-bond donors (Lipinski definition) is 0. The van der Waals surface area contributed by atoms with E-state index < -0.39 is 11.3 Å². The lowest BCUT2D eigenvalue weighted by Gasteiger charge is -2.37. The first-order chi connectivity index (χ1) is 18.7. The van der Waals surface area contributed by atoms with E-state index in [4.69, 9.17) is 9.47 Å². The number of rotatable bonds is 7. The Morgan fingerprint density at radius 3 is 1.92 bits per heavy atom. The van der Waals surface area contributed by atoms with Crippen molar-refractivity contribution in [1.82, 2.24) is 9.80 Å². The van der Waals surface area contributed by atoms with Gasteiger partial charge in [0.25, 0.3) is 0 Å². The highest BCUT2D eigenvalue weighted by atomic mass is 16.6. The zero-order valence-corrected chi connectivity index (χ0v) is 23.5. The summed E-state index contributed by atoms with van der Waals surface area (Å²) in [5, 5.41) is 0. The van der Waals surface area contributed by atoms with Gasteiger partial charge in [-0.25, -0.2) is 4.79 Å². The first-order valence-corrected chi connectivity index (χ1v) is 14.0. The smallest absolute Gasteiger partial charge is 0.413 e. The van der Waals surface area contributed by atoms with Crippen molar-refractivity contribution in [3.05, 3.63) is 113 Å². The maximum Gasteiger partial charge on any atom is 0.413 e. The van der Waals surface area contributed by atoms with Crippen LogP contribution in [0.15, 0.2) is 96.6 Å². The van der Waals surface area contributed by atoms with Crippen LogP contribution < -0.4 is 0 Å². The molecular formula is C34H40N2O3. The maximum atomic E-state index is 13.7. The van der Waals surface area contributed by atoms with Gasteiger partial charge in [-0.15, -0.1) is 0 Å². The van der Waals surface area contributed by atoms with E-state index in [1.807, 2.05) is 33.8 Å². The molecule has 3 aromatic carbocycles. The van der Waals surface area contributed by atoms with Crippen molar-refractivity contribution in [2.45, 2.75) is 77.0 Å². The lowest BCUT2D eigenvalue weighted by atomic mass is 10.0. The second kappa shape index (κ2) is 11.4. The Morgan fingerprint density at radius 2 is 1.41 bits per heavy atom. The fraction of sp³-hybridized carbons (Fsp3) is 0.382. The lowest BCUT2D eigenvalue weighted by molar-refractivity contribution is -0.0557. The highest BCUT2D eigenvalue weighted by molar-refractivity contribution is 5.71. The summed E-state index contributed by atoms with van der Waals surface area (Å²) in [7, 11) is 0. The minimum Gasteiger partial charge on any atom is -0.441 e. The predicted octanol–water partition coefficient (Wildman–Crippen LogP) is 7.29. The van der Waals surface area contributed by atoms with Gasteiger partial charge in [0.05, 0.1) is 12.1 Å². The van der Waals surface area contributed by atoms with E-state index in [0.717, 1.165) is 37.1 Å². The van der Waals surface area contributed by atoms with Crippen molar-refractivity contribution in [3.8, 4) is 0 Å². The Hall–Kier alpha value is -3.41. The number of nitrogens with zero attached hydrogens (tertiary/aromatic N) is 2. The third-order valence-corrected chi connectivity index (χ3v) is 7.84. The minimum atomic E-state index is -0.714. The van der Waals surface area contributed by atoms with Crippen LogP contribution in [-0.2, 0) is 22.6 Å². The van der Waals surface area contributed by atoms with Crippen molar-refractivity contribution in [1.29, 1.82) is 0 Å². The first kappa shape index (κ1) is 27.2. The van der Waals surface area contributed by atoms with Gasteiger partial charge in [-0.3, -0.25) is 9.80 Å². The summed E-state index contributed by atoms with van der Waals surface area (Å²) in [5.41, 5.74) is 3.65. The number of amides is 1. The third-order valence-electron chi connectivity index (χ3n) is 7.84. The molecule has 2 aliphatic rings. The summed E-state index contributed by atoms with van der Waals surface area (Å²) in [4.78, 5) is 18.0. The Morgan fingerprint density at radius 1 is 0.872 bits per heavy atom. The third kappa shape index (κ3) is 6.26. The van der Waals surface area contributed by atoms with Crippen LogP contribution in [0.25, 0.3) is 6.08 Å². The molecule has 0 N–H and O–H groups in total. The van der Waals surface area contributed by atoms with Crippen LogP contribution in [0.1, 0.15) is 57.2 Å². The van der Waals surface area contributed by atoms with Gasteiger partial charge in [0.2, 0.25) is 0 Å². The normalized spacial score (nSPS) is 22.9. The van der Waals surface area contributed by atoms with Gasteiger partial charge in [0.15, 0.2) is 0 Å². The van der Waals surface area contributed by atoms with Crippen molar-refractivity contribution in [2.75, 3.05) is 6.61 Å². The molecule has 1 aliphatic heterocycles. The Bertz CT molecular complexity index is 1210. The van der Waals surface area contributed by atoms with E-state index in [-0.39, 0.29) is 18.2 Å². The van der Waals surface area contributed by atoms with Crippen molar-refractivity contribution < 1.29 is 14.3 Å². The van der Waals surface area contributed by atoms with Crippen molar-refractivity contribution in [3.63, 3.8) is 0 Å². The van der Waals surface area contributed by atoms with Gasteiger partial charge in [0.1, 0.15) is 11.8 Å². The van der Waals surface area contributed by atoms with Crippen LogP contribution in [0.5, 0.6) is 0 Å². The molecule has 1 aliphatic carbocycles. The van der Waals surface area contributed by atoms with Gasteiger partial charge in [-0.05, 0) is 62.8 Å². The van der Waals surface area contributed by atoms with Crippen molar-refractivity contribution >= 4 is 12.2 Å². The van der Waals surface area contributed by atoms with E-state index in [1.54, 1.807) is 4.90 Å². The Kier molecular flexibility index (Phi) is 7.92. The molecule has 5 nitrogen and oxygen atoms in total. The molecule has 204 valence electrons. The summed E-state index contributed by atoms with van der Waals surface area (Å²) in [5.74, 6) is 0. The summed E-state index contributed by atoms with van der Waals surface area (Å²) in [6.07, 6.45) is 3.31. The maximum absolute atomic E-state index is 13.7. The van der Waals surface area contributed by atoms with E-state index in [9.17, 15) is 4.79 Å². The number of carbonyl (C=O) groups excluding carboxylic acids is 1. The molecule has 1 heterocycles. The van der Waals surface area contributed by atoms with Gasteiger partial charge < -0.3 is 9.47 Å². The molecule has 5 heteroatoms. The first-order valence-electron chi connectivity index (χ1n) is 14.0. The molecule has 5 rings (SSSR count). The monoisotopic (exact) mass is 524 g/mol. The molecule has 1 saturated heterocycles. The second-order valence-electron chi connectivity index (χ2n) is 11.8. The molecule has 0 aromatic heterocycles. The second-order valence-corrected chi connectivity index (χ2v) is 11.8. The summed E-state index contributed by atoms with van der Waals surface area (Å²) in [6, 6.07) is 31.7. The molecule has 2 atom stereocenters. The van der Waals surface area contributed by atoms with E-state index >= 15 is 0 Å². The Labute approximate surface area is 233 Å².